The van der Waals surface area contributed by atoms with Gasteiger partial charge in [-0.2, -0.15) is 5.26 Å². The summed E-state index contributed by atoms with van der Waals surface area (Å²) >= 11 is 0. The molecule has 0 saturated heterocycles. The van der Waals surface area contributed by atoms with Gasteiger partial charge in [-0.1, -0.05) is 6.07 Å². The molecule has 0 saturated carbocycles. The molecule has 4 heteroatoms. The van der Waals surface area contributed by atoms with Gasteiger partial charge >= 0.3 is 0 Å². The molecule has 1 atom stereocenters. The Morgan fingerprint density at radius 3 is 2.67 bits per heavy atom. The smallest absolute Gasteiger partial charge is 0.129 e. The second-order valence-electron chi connectivity index (χ2n) is 4.14. The number of aromatic nitrogens is 2. The van der Waals surface area contributed by atoms with Crippen molar-refractivity contribution in [3.8, 4) is 11.8 Å². The summed E-state index contributed by atoms with van der Waals surface area (Å²) in [5.41, 5.74) is 3.09. The van der Waals surface area contributed by atoms with E-state index in [2.05, 4.69) is 16.0 Å². The van der Waals surface area contributed by atoms with Crippen molar-refractivity contribution in [2.75, 3.05) is 7.11 Å². The van der Waals surface area contributed by atoms with Crippen molar-refractivity contribution < 1.29 is 4.74 Å². The summed E-state index contributed by atoms with van der Waals surface area (Å²) in [4.78, 5) is 7.16. The normalized spacial score (nSPS) is 11.9. The molecular formula is C14H15N3O. The van der Waals surface area contributed by atoms with Gasteiger partial charge < -0.3 is 9.72 Å². The van der Waals surface area contributed by atoms with Crippen molar-refractivity contribution >= 4 is 0 Å². The van der Waals surface area contributed by atoms with Gasteiger partial charge in [-0.3, -0.25) is 0 Å². The number of imidazole rings is 1. The molecule has 1 unspecified atom stereocenters. The average molecular weight is 241 g/mol. The van der Waals surface area contributed by atoms with Gasteiger partial charge in [0.1, 0.15) is 17.5 Å². The zero-order chi connectivity index (χ0) is 13.1. The van der Waals surface area contributed by atoms with Crippen LogP contribution < -0.4 is 4.74 Å². The van der Waals surface area contributed by atoms with E-state index in [1.165, 1.54) is 0 Å². The zero-order valence-electron chi connectivity index (χ0n) is 10.7. The molecule has 1 heterocycles. The van der Waals surface area contributed by atoms with Gasteiger partial charge in [0.15, 0.2) is 0 Å². The van der Waals surface area contributed by atoms with Crippen LogP contribution in [0.15, 0.2) is 24.5 Å². The lowest BCUT2D eigenvalue weighted by Crippen LogP contribution is -2.04. The fourth-order valence-electron chi connectivity index (χ4n) is 2.06. The summed E-state index contributed by atoms with van der Waals surface area (Å²) in [6, 6.07) is 6.11. The maximum Gasteiger partial charge on any atom is 0.129 e. The van der Waals surface area contributed by atoms with E-state index in [9.17, 15) is 5.26 Å². The van der Waals surface area contributed by atoms with Crippen molar-refractivity contribution in [1.29, 1.82) is 5.26 Å². The first-order valence-electron chi connectivity index (χ1n) is 5.72. The number of ether oxygens (including phenoxy) is 1. The molecule has 1 aromatic heterocycles. The predicted octanol–water partition coefficient (Wildman–Crippen LogP) is 2.69. The number of aromatic amines is 1. The van der Waals surface area contributed by atoms with E-state index >= 15 is 0 Å². The summed E-state index contributed by atoms with van der Waals surface area (Å²) in [6.45, 7) is 3.99. The number of hydrogen-bond donors (Lipinski definition) is 1. The Morgan fingerprint density at radius 2 is 2.11 bits per heavy atom. The first-order chi connectivity index (χ1) is 8.69. The van der Waals surface area contributed by atoms with E-state index in [0.717, 1.165) is 22.4 Å². The molecule has 0 fully saturated rings. The highest BCUT2D eigenvalue weighted by Crippen LogP contribution is 2.30. The highest BCUT2D eigenvalue weighted by molar-refractivity contribution is 5.48. The lowest BCUT2D eigenvalue weighted by atomic mass is 9.92. The Hall–Kier alpha value is -2.28. The number of nitrogens with zero attached hydrogens (tertiary/aromatic N) is 2. The molecule has 0 aliphatic carbocycles. The van der Waals surface area contributed by atoms with Crippen LogP contribution in [-0.2, 0) is 0 Å². The molecule has 0 bridgehead atoms. The Morgan fingerprint density at radius 1 is 1.33 bits per heavy atom. The number of benzene rings is 1. The van der Waals surface area contributed by atoms with Crippen molar-refractivity contribution in [3.63, 3.8) is 0 Å². The fraction of sp³-hybridized carbons (Fsp3) is 0.286. The molecule has 2 rings (SSSR count). The first-order valence-corrected chi connectivity index (χ1v) is 5.72. The highest BCUT2D eigenvalue weighted by atomic mass is 16.5. The third-order valence-corrected chi connectivity index (χ3v) is 3.23. The Balaban J connectivity index is 2.51. The zero-order valence-corrected chi connectivity index (χ0v) is 10.7. The van der Waals surface area contributed by atoms with Crippen LogP contribution in [0.4, 0.5) is 0 Å². The topological polar surface area (TPSA) is 61.7 Å². The Kier molecular flexibility index (Phi) is 3.33. The minimum atomic E-state index is -0.371. The maximum atomic E-state index is 9.35. The molecule has 4 nitrogen and oxygen atoms in total. The molecule has 1 aromatic carbocycles. The second kappa shape index (κ2) is 4.92. The van der Waals surface area contributed by atoms with Gasteiger partial charge in [-0.25, -0.2) is 4.98 Å². The third-order valence-electron chi connectivity index (χ3n) is 3.23. The first kappa shape index (κ1) is 12.2. The average Bonchev–Trinajstić information content (AvgIpc) is 2.89. The van der Waals surface area contributed by atoms with Crippen molar-refractivity contribution in [2.24, 2.45) is 0 Å². The number of methoxy groups -OCH3 is 1. The van der Waals surface area contributed by atoms with E-state index in [0.29, 0.717) is 5.82 Å². The molecule has 0 aliphatic heterocycles. The van der Waals surface area contributed by atoms with E-state index in [1.807, 2.05) is 26.0 Å². The maximum absolute atomic E-state index is 9.35. The van der Waals surface area contributed by atoms with Crippen LogP contribution in [0, 0.1) is 25.2 Å². The molecule has 92 valence electrons. The monoisotopic (exact) mass is 241 g/mol. The standard InChI is InChI=1S/C14H15N3O/c1-9-10(2)13(18-3)5-4-11(9)12(8-15)14-16-6-7-17-14/h4-7,12H,1-3H3,(H,16,17). The van der Waals surface area contributed by atoms with Crippen LogP contribution >= 0.6 is 0 Å². The summed E-state index contributed by atoms with van der Waals surface area (Å²) in [5, 5.41) is 9.35. The van der Waals surface area contributed by atoms with Crippen LogP contribution in [0.3, 0.4) is 0 Å². The highest BCUT2D eigenvalue weighted by Gasteiger charge is 2.19. The van der Waals surface area contributed by atoms with Gasteiger partial charge in [0.25, 0.3) is 0 Å². The molecule has 0 amide bonds. The SMILES string of the molecule is COc1ccc(C(C#N)c2ncc[nH]2)c(C)c1C. The van der Waals surface area contributed by atoms with Crippen molar-refractivity contribution in [2.45, 2.75) is 19.8 Å². The molecule has 2 aromatic rings. The molecule has 0 spiro atoms. The fourth-order valence-corrected chi connectivity index (χ4v) is 2.06. The summed E-state index contributed by atoms with van der Waals surface area (Å²) < 4.78 is 5.28. The van der Waals surface area contributed by atoms with Gasteiger partial charge in [0.2, 0.25) is 0 Å². The summed E-state index contributed by atoms with van der Waals surface area (Å²) in [5.74, 6) is 1.14. The Labute approximate surface area is 106 Å². The lowest BCUT2D eigenvalue weighted by molar-refractivity contribution is 0.411. The van der Waals surface area contributed by atoms with Crippen molar-refractivity contribution in [1.82, 2.24) is 9.97 Å². The molecule has 18 heavy (non-hydrogen) atoms. The van der Waals surface area contributed by atoms with E-state index in [4.69, 9.17) is 4.74 Å². The minimum Gasteiger partial charge on any atom is -0.496 e. The lowest BCUT2D eigenvalue weighted by Gasteiger charge is -2.15. The van der Waals surface area contributed by atoms with Gasteiger partial charge in [0.05, 0.1) is 13.2 Å². The van der Waals surface area contributed by atoms with Gasteiger partial charge in [0, 0.05) is 12.4 Å². The van der Waals surface area contributed by atoms with Crippen LogP contribution in [0.5, 0.6) is 5.75 Å². The van der Waals surface area contributed by atoms with Crippen LogP contribution in [0.2, 0.25) is 0 Å². The van der Waals surface area contributed by atoms with Gasteiger partial charge in [-0.15, -0.1) is 0 Å². The number of H-pyrrole nitrogens is 1. The van der Waals surface area contributed by atoms with Crippen LogP contribution in [0.25, 0.3) is 0 Å². The molecule has 0 aliphatic rings. The molecular weight excluding hydrogens is 226 g/mol. The molecule has 1 N–H and O–H groups in total. The largest absolute Gasteiger partial charge is 0.496 e. The number of nitriles is 1. The van der Waals surface area contributed by atoms with E-state index in [1.54, 1.807) is 19.5 Å². The van der Waals surface area contributed by atoms with E-state index in [-0.39, 0.29) is 5.92 Å². The minimum absolute atomic E-state index is 0.371. The summed E-state index contributed by atoms with van der Waals surface area (Å²) in [7, 11) is 1.65. The predicted molar refractivity (Wildman–Crippen MR) is 68.5 cm³/mol. The molecule has 0 radical (unpaired) electrons. The van der Waals surface area contributed by atoms with Crippen molar-refractivity contribution in [3.05, 3.63) is 47.0 Å². The Bertz CT molecular complexity index is 582. The summed E-state index contributed by atoms with van der Waals surface area (Å²) in [6.07, 6.45) is 3.39. The van der Waals surface area contributed by atoms with E-state index < -0.39 is 0 Å². The van der Waals surface area contributed by atoms with Crippen LogP contribution in [-0.4, -0.2) is 17.1 Å². The number of hydrogen-bond acceptors (Lipinski definition) is 3. The third kappa shape index (κ3) is 1.95. The quantitative estimate of drug-likeness (QED) is 0.898. The number of rotatable bonds is 3. The van der Waals surface area contributed by atoms with Crippen LogP contribution in [0.1, 0.15) is 28.4 Å². The van der Waals surface area contributed by atoms with Gasteiger partial charge in [-0.05, 0) is 36.6 Å². The number of nitrogens with one attached hydrogen (secondary N) is 1. The second-order valence-corrected chi connectivity index (χ2v) is 4.14.